The number of carbonyl (C=O) groups is 1. The van der Waals surface area contributed by atoms with E-state index in [1.165, 1.54) is 12.8 Å². The third kappa shape index (κ3) is 3.42. The van der Waals surface area contributed by atoms with Gasteiger partial charge < -0.3 is 19.7 Å². The molecule has 1 spiro atoms. The molecule has 142 valence electrons. The zero-order valence-corrected chi connectivity index (χ0v) is 15.7. The number of rotatable bonds is 6. The molecule has 2 fully saturated rings. The van der Waals surface area contributed by atoms with Crippen LogP contribution in [-0.2, 0) is 26.3 Å². The number of fused-ring (bicyclic) bond motifs is 2. The summed E-state index contributed by atoms with van der Waals surface area (Å²) in [7, 11) is 1.62. The lowest BCUT2D eigenvalue weighted by atomic mass is 9.80. The molecule has 1 saturated carbocycles. The Morgan fingerprint density at radius 1 is 1.42 bits per heavy atom. The number of likely N-dealkylation sites (tertiary alicyclic amines) is 1. The van der Waals surface area contributed by atoms with Gasteiger partial charge in [0.15, 0.2) is 0 Å². The third-order valence-electron chi connectivity index (χ3n) is 5.81. The van der Waals surface area contributed by atoms with Gasteiger partial charge in [-0.25, -0.2) is 9.97 Å². The van der Waals surface area contributed by atoms with Gasteiger partial charge in [0.05, 0.1) is 37.4 Å². The van der Waals surface area contributed by atoms with E-state index in [2.05, 4.69) is 10.3 Å². The molecule has 1 aromatic heterocycles. The third-order valence-corrected chi connectivity index (χ3v) is 5.81. The molecule has 0 radical (unpaired) electrons. The van der Waals surface area contributed by atoms with Gasteiger partial charge >= 0.3 is 0 Å². The number of anilines is 1. The van der Waals surface area contributed by atoms with Crippen molar-refractivity contribution in [2.75, 3.05) is 45.3 Å². The summed E-state index contributed by atoms with van der Waals surface area (Å²) in [4.78, 5) is 23.9. The van der Waals surface area contributed by atoms with Crippen LogP contribution in [0.2, 0.25) is 0 Å². The fourth-order valence-electron chi connectivity index (χ4n) is 4.00. The summed E-state index contributed by atoms with van der Waals surface area (Å²) in [6, 6.07) is 0. The van der Waals surface area contributed by atoms with E-state index in [-0.39, 0.29) is 11.3 Å². The minimum atomic E-state index is -0.208. The van der Waals surface area contributed by atoms with Gasteiger partial charge in [-0.3, -0.25) is 4.79 Å². The highest BCUT2D eigenvalue weighted by atomic mass is 16.5. The van der Waals surface area contributed by atoms with Crippen LogP contribution in [0.4, 0.5) is 5.95 Å². The van der Waals surface area contributed by atoms with Crippen LogP contribution in [0.25, 0.3) is 0 Å². The molecule has 4 rings (SSSR count). The van der Waals surface area contributed by atoms with Gasteiger partial charge in [0.1, 0.15) is 0 Å². The van der Waals surface area contributed by atoms with Crippen molar-refractivity contribution in [2.45, 2.75) is 44.6 Å². The van der Waals surface area contributed by atoms with E-state index in [9.17, 15) is 4.79 Å². The normalized spacial score (nSPS) is 24.8. The van der Waals surface area contributed by atoms with Crippen molar-refractivity contribution < 1.29 is 14.3 Å². The second kappa shape index (κ2) is 7.12. The average molecular weight is 360 g/mol. The molecule has 7 heteroatoms. The van der Waals surface area contributed by atoms with Gasteiger partial charge in [-0.05, 0) is 32.1 Å². The molecule has 2 aliphatic heterocycles. The number of nitrogens with zero attached hydrogens (tertiary/aromatic N) is 3. The first-order chi connectivity index (χ1) is 12.6. The van der Waals surface area contributed by atoms with Crippen molar-refractivity contribution in [3.8, 4) is 0 Å². The molecule has 0 aromatic carbocycles. The second-order valence-corrected chi connectivity index (χ2v) is 7.87. The molecule has 1 aromatic rings. The van der Waals surface area contributed by atoms with E-state index in [1.54, 1.807) is 7.11 Å². The van der Waals surface area contributed by atoms with E-state index < -0.39 is 0 Å². The lowest BCUT2D eigenvalue weighted by molar-refractivity contribution is -0.131. The molecule has 3 aliphatic rings. The summed E-state index contributed by atoms with van der Waals surface area (Å²) in [5.41, 5.74) is 2.95. The molecule has 1 aliphatic carbocycles. The van der Waals surface area contributed by atoms with Gasteiger partial charge in [-0.2, -0.15) is 0 Å². The van der Waals surface area contributed by atoms with Crippen LogP contribution in [-0.4, -0.2) is 60.7 Å². The first kappa shape index (κ1) is 17.7. The smallest absolute Gasteiger partial charge is 0.224 e. The van der Waals surface area contributed by atoms with Crippen molar-refractivity contribution >= 4 is 11.9 Å². The zero-order valence-electron chi connectivity index (χ0n) is 15.7. The summed E-state index contributed by atoms with van der Waals surface area (Å²) < 4.78 is 11.0. The lowest BCUT2D eigenvalue weighted by Gasteiger charge is -2.35. The van der Waals surface area contributed by atoms with Crippen LogP contribution in [0.5, 0.6) is 0 Å². The van der Waals surface area contributed by atoms with Crippen molar-refractivity contribution in [2.24, 2.45) is 5.92 Å². The predicted molar refractivity (Wildman–Crippen MR) is 97.0 cm³/mol. The van der Waals surface area contributed by atoms with Crippen LogP contribution >= 0.6 is 0 Å². The van der Waals surface area contributed by atoms with Crippen molar-refractivity contribution in [1.82, 2.24) is 14.9 Å². The van der Waals surface area contributed by atoms with Crippen LogP contribution in [0.3, 0.4) is 0 Å². The first-order valence-electron chi connectivity index (χ1n) is 9.57. The van der Waals surface area contributed by atoms with E-state index in [4.69, 9.17) is 14.5 Å². The minimum Gasteiger partial charge on any atom is -0.384 e. The van der Waals surface area contributed by atoms with Gasteiger partial charge in [0, 0.05) is 38.0 Å². The fourth-order valence-corrected chi connectivity index (χ4v) is 4.00. The Morgan fingerprint density at radius 3 is 3.04 bits per heavy atom. The maximum Gasteiger partial charge on any atom is 0.224 e. The molecule has 26 heavy (non-hydrogen) atoms. The number of amides is 1. The number of ether oxygens (including phenoxy) is 2. The molecule has 1 unspecified atom stereocenters. The topological polar surface area (TPSA) is 76.6 Å². The van der Waals surface area contributed by atoms with Crippen LogP contribution in [0.1, 0.15) is 42.6 Å². The first-order valence-corrected chi connectivity index (χ1v) is 9.57. The summed E-state index contributed by atoms with van der Waals surface area (Å²) in [5.74, 6) is 1.64. The van der Waals surface area contributed by atoms with E-state index in [0.717, 1.165) is 48.3 Å². The Labute approximate surface area is 154 Å². The number of aromatic nitrogens is 2. The molecule has 1 N–H and O–H groups in total. The summed E-state index contributed by atoms with van der Waals surface area (Å²) in [6.07, 6.45) is 3.91. The molecule has 3 heterocycles. The van der Waals surface area contributed by atoms with Crippen molar-refractivity contribution in [1.29, 1.82) is 0 Å². The molecule has 1 atom stereocenters. The number of methoxy groups -OCH3 is 1. The summed E-state index contributed by atoms with van der Waals surface area (Å²) >= 11 is 0. The maximum absolute atomic E-state index is 12.4. The summed E-state index contributed by atoms with van der Waals surface area (Å²) in [5, 5.41) is 3.41. The van der Waals surface area contributed by atoms with E-state index in [0.29, 0.717) is 32.8 Å². The molecule has 1 amide bonds. The Kier molecular flexibility index (Phi) is 4.84. The minimum absolute atomic E-state index is 0.147. The number of hydrogen-bond acceptors (Lipinski definition) is 6. The highest BCUT2D eigenvalue weighted by Gasteiger charge is 2.46. The standard InChI is InChI=1S/C19H28N4O3/c1-13-15-10-26-12-19(6-7-23(11-19)16(24)5-8-25-2)17(15)22-18(21-13)20-9-14-3-4-14/h14H,3-12H2,1-2H3,(H,20,21,22). The van der Waals surface area contributed by atoms with Crippen LogP contribution in [0.15, 0.2) is 0 Å². The van der Waals surface area contributed by atoms with E-state index >= 15 is 0 Å². The quantitative estimate of drug-likeness (QED) is 0.831. The molecular formula is C19H28N4O3. The van der Waals surface area contributed by atoms with Gasteiger partial charge in [-0.15, -0.1) is 0 Å². The Bertz CT molecular complexity index is 692. The molecule has 0 bridgehead atoms. The number of carbonyl (C=O) groups excluding carboxylic acids is 1. The maximum atomic E-state index is 12.4. The Hall–Kier alpha value is -1.73. The number of aryl methyl sites for hydroxylation is 1. The van der Waals surface area contributed by atoms with Crippen molar-refractivity contribution in [3.63, 3.8) is 0 Å². The highest BCUT2D eigenvalue weighted by Crippen LogP contribution is 2.40. The van der Waals surface area contributed by atoms with Gasteiger partial charge in [-0.1, -0.05) is 0 Å². The molecular weight excluding hydrogens is 332 g/mol. The number of nitrogens with one attached hydrogen (secondary N) is 1. The zero-order chi connectivity index (χ0) is 18.1. The Balaban J connectivity index is 1.56. The molecule has 7 nitrogen and oxygen atoms in total. The van der Waals surface area contributed by atoms with Crippen LogP contribution in [0, 0.1) is 12.8 Å². The van der Waals surface area contributed by atoms with Gasteiger partial charge in [0.25, 0.3) is 0 Å². The monoisotopic (exact) mass is 360 g/mol. The van der Waals surface area contributed by atoms with Gasteiger partial charge in [0.2, 0.25) is 11.9 Å². The molecule has 1 saturated heterocycles. The summed E-state index contributed by atoms with van der Waals surface area (Å²) in [6.45, 7) is 6.03. The predicted octanol–water partition coefficient (Wildman–Crippen LogP) is 1.64. The van der Waals surface area contributed by atoms with E-state index in [1.807, 2.05) is 11.8 Å². The average Bonchev–Trinajstić information content (AvgIpc) is 3.38. The lowest BCUT2D eigenvalue weighted by Crippen LogP contribution is -2.42. The fraction of sp³-hybridized carbons (Fsp3) is 0.737. The largest absolute Gasteiger partial charge is 0.384 e. The highest BCUT2D eigenvalue weighted by molar-refractivity contribution is 5.77. The second-order valence-electron chi connectivity index (χ2n) is 7.87. The SMILES string of the molecule is COCCC(=O)N1CCC2(COCc3c(C)nc(NCC4CC4)nc32)C1. The van der Waals surface area contributed by atoms with Crippen LogP contribution < -0.4 is 5.32 Å². The Morgan fingerprint density at radius 2 is 2.27 bits per heavy atom. The van der Waals surface area contributed by atoms with Crippen molar-refractivity contribution in [3.05, 3.63) is 17.0 Å². The number of hydrogen-bond donors (Lipinski definition) is 1.